The summed E-state index contributed by atoms with van der Waals surface area (Å²) in [7, 11) is 1.29. The van der Waals surface area contributed by atoms with Gasteiger partial charge in [0.05, 0.1) is 39.6 Å². The van der Waals surface area contributed by atoms with Gasteiger partial charge in [0, 0.05) is 36.3 Å². The molecule has 0 spiro atoms. The Bertz CT molecular complexity index is 1490. The van der Waals surface area contributed by atoms with Crippen LogP contribution in [0.4, 0.5) is 4.79 Å². The molecule has 0 aliphatic heterocycles. The standard InChI is InChI=1S/C42H78N6O9/c1-23(44-31(51)39(14,15)25(3)46-33(53)41(18,19)27(5)48-35(55)57-36(7,8)9)37(10,11)29(49)43-24(2)38(12,13)30(50)45-26(4)40(16,17)32(52)47-28(6)42(20,21)34(54)56-22/h23-28H,1-22H3,(H,43,49)(H,44,51)(H,45,50)(H,46,53)(H,47,52)(H,48,55)/t23-,24+,25-,26-,27-,28-/m0/s1. The lowest BCUT2D eigenvalue weighted by Gasteiger charge is -2.40. The van der Waals surface area contributed by atoms with E-state index in [-0.39, 0.29) is 17.7 Å². The summed E-state index contributed by atoms with van der Waals surface area (Å²) in [4.78, 5) is 92.6. The van der Waals surface area contributed by atoms with Gasteiger partial charge in [-0.2, -0.15) is 0 Å². The van der Waals surface area contributed by atoms with Gasteiger partial charge in [0.15, 0.2) is 0 Å². The molecule has 0 rings (SSSR count). The number of nitrogens with one attached hydrogen (secondary N) is 6. The summed E-state index contributed by atoms with van der Waals surface area (Å²) in [6.07, 6.45) is -0.643. The maximum atomic E-state index is 13.8. The van der Waals surface area contributed by atoms with Crippen LogP contribution in [-0.2, 0) is 38.2 Å². The molecular weight excluding hydrogens is 732 g/mol. The third kappa shape index (κ3) is 13.3. The van der Waals surface area contributed by atoms with E-state index in [0.29, 0.717) is 0 Å². The first kappa shape index (κ1) is 53.1. The van der Waals surface area contributed by atoms with Crippen molar-refractivity contribution in [3.05, 3.63) is 0 Å². The van der Waals surface area contributed by atoms with Crippen molar-refractivity contribution in [2.75, 3.05) is 7.11 Å². The monoisotopic (exact) mass is 811 g/mol. The SMILES string of the molecule is COC(=O)C(C)(C)[C@H](C)NC(=O)C(C)(C)[C@H](C)NC(=O)C(C)(C)[C@@H](C)NC(=O)C(C)(C)[C@H](C)NC(=O)C(C)(C)[C@H](C)NC(=O)C(C)(C)[C@H](C)NC(=O)OC(C)(C)C. The minimum Gasteiger partial charge on any atom is -0.469 e. The zero-order valence-corrected chi connectivity index (χ0v) is 39.1. The van der Waals surface area contributed by atoms with Crippen LogP contribution in [0.5, 0.6) is 0 Å². The van der Waals surface area contributed by atoms with Crippen LogP contribution in [0.15, 0.2) is 0 Å². The van der Waals surface area contributed by atoms with Crippen molar-refractivity contribution < 1.29 is 43.0 Å². The second-order valence-corrected chi connectivity index (χ2v) is 20.2. The Labute approximate surface area is 342 Å². The van der Waals surface area contributed by atoms with E-state index >= 15 is 0 Å². The second kappa shape index (κ2) is 18.8. The van der Waals surface area contributed by atoms with Gasteiger partial charge in [-0.15, -0.1) is 0 Å². The van der Waals surface area contributed by atoms with Gasteiger partial charge in [0.1, 0.15) is 5.60 Å². The number of hydrogen-bond acceptors (Lipinski definition) is 9. The topological polar surface area (TPSA) is 210 Å². The van der Waals surface area contributed by atoms with Gasteiger partial charge in [0.25, 0.3) is 0 Å². The van der Waals surface area contributed by atoms with E-state index in [9.17, 15) is 33.6 Å². The summed E-state index contributed by atoms with van der Waals surface area (Å²) in [6.45, 7) is 35.8. The second-order valence-electron chi connectivity index (χ2n) is 20.2. The van der Waals surface area contributed by atoms with Crippen molar-refractivity contribution in [2.24, 2.45) is 32.5 Å². The quantitative estimate of drug-likeness (QED) is 0.105. The van der Waals surface area contributed by atoms with Crippen molar-refractivity contribution >= 4 is 41.6 Å². The zero-order valence-electron chi connectivity index (χ0n) is 39.1. The number of alkyl carbamates (subject to hydrolysis) is 1. The lowest BCUT2D eigenvalue weighted by atomic mass is 9.78. The molecule has 0 aliphatic rings. The number of amides is 6. The molecule has 15 nitrogen and oxygen atoms in total. The Balaban J connectivity index is 5.67. The zero-order chi connectivity index (χ0) is 45.7. The van der Waals surface area contributed by atoms with E-state index < -0.39 is 98.2 Å². The average Bonchev–Trinajstić information content (AvgIpc) is 3.05. The number of esters is 1. The molecule has 0 saturated carbocycles. The van der Waals surface area contributed by atoms with E-state index in [1.54, 1.807) is 145 Å². The van der Waals surface area contributed by atoms with Crippen molar-refractivity contribution in [2.45, 2.75) is 187 Å². The Morgan fingerprint density at radius 3 is 0.737 bits per heavy atom. The Hall–Kier alpha value is -3.91. The summed E-state index contributed by atoms with van der Waals surface area (Å²) in [5.74, 6) is -2.37. The molecule has 330 valence electrons. The largest absolute Gasteiger partial charge is 0.469 e. The Morgan fingerprint density at radius 2 is 0.544 bits per heavy atom. The summed E-state index contributed by atoms with van der Waals surface area (Å²) in [5, 5.41) is 17.4. The van der Waals surface area contributed by atoms with Gasteiger partial charge in [-0.3, -0.25) is 28.8 Å². The van der Waals surface area contributed by atoms with Crippen molar-refractivity contribution in [1.29, 1.82) is 0 Å². The predicted octanol–water partition coefficient (Wildman–Crippen LogP) is 4.75. The molecule has 0 bridgehead atoms. The molecule has 6 amide bonds. The Kier molecular flexibility index (Phi) is 17.5. The number of hydrogen-bond donors (Lipinski definition) is 6. The van der Waals surface area contributed by atoms with Crippen molar-refractivity contribution in [3.8, 4) is 0 Å². The van der Waals surface area contributed by atoms with Gasteiger partial charge in [0.2, 0.25) is 29.5 Å². The molecule has 0 aliphatic carbocycles. The smallest absolute Gasteiger partial charge is 0.407 e. The van der Waals surface area contributed by atoms with E-state index in [1.807, 2.05) is 0 Å². The van der Waals surface area contributed by atoms with Crippen LogP contribution in [-0.4, -0.2) is 90.6 Å². The fraction of sp³-hybridized carbons (Fsp3) is 0.833. The first-order valence-electron chi connectivity index (χ1n) is 19.9. The number of carbonyl (C=O) groups excluding carboxylic acids is 7. The highest BCUT2D eigenvalue weighted by Crippen LogP contribution is 2.31. The molecule has 6 N–H and O–H groups in total. The summed E-state index contributed by atoms with van der Waals surface area (Å²) in [5.41, 5.74) is -7.18. The summed E-state index contributed by atoms with van der Waals surface area (Å²) < 4.78 is 10.2. The molecule has 57 heavy (non-hydrogen) atoms. The van der Waals surface area contributed by atoms with Gasteiger partial charge in [-0.1, -0.05) is 0 Å². The molecular formula is C42H78N6O9. The van der Waals surface area contributed by atoms with Gasteiger partial charge < -0.3 is 41.4 Å². The van der Waals surface area contributed by atoms with E-state index in [0.717, 1.165) is 0 Å². The van der Waals surface area contributed by atoms with Crippen molar-refractivity contribution in [1.82, 2.24) is 31.9 Å². The molecule has 15 heteroatoms. The molecule has 0 saturated heterocycles. The Morgan fingerprint density at radius 1 is 0.351 bits per heavy atom. The van der Waals surface area contributed by atoms with Crippen LogP contribution in [0, 0.1) is 32.5 Å². The van der Waals surface area contributed by atoms with E-state index in [1.165, 1.54) is 7.11 Å². The van der Waals surface area contributed by atoms with Gasteiger partial charge in [-0.25, -0.2) is 4.79 Å². The lowest BCUT2D eigenvalue weighted by molar-refractivity contribution is -0.153. The molecule has 0 aromatic heterocycles. The minimum atomic E-state index is -1.13. The van der Waals surface area contributed by atoms with Crippen LogP contribution in [0.2, 0.25) is 0 Å². The van der Waals surface area contributed by atoms with Gasteiger partial charge >= 0.3 is 12.1 Å². The first-order valence-corrected chi connectivity index (χ1v) is 19.9. The summed E-state index contributed by atoms with van der Waals surface area (Å²) >= 11 is 0. The minimum absolute atomic E-state index is 0.359. The van der Waals surface area contributed by atoms with Crippen LogP contribution in [0.3, 0.4) is 0 Å². The highest BCUT2D eigenvalue weighted by molar-refractivity contribution is 5.90. The molecule has 0 heterocycles. The molecule has 0 aromatic carbocycles. The number of ether oxygens (including phenoxy) is 2. The van der Waals surface area contributed by atoms with Crippen molar-refractivity contribution in [3.63, 3.8) is 0 Å². The van der Waals surface area contributed by atoms with Crippen LogP contribution in [0.25, 0.3) is 0 Å². The van der Waals surface area contributed by atoms with Crippen LogP contribution in [0.1, 0.15) is 145 Å². The average molecular weight is 811 g/mol. The predicted molar refractivity (Wildman–Crippen MR) is 222 cm³/mol. The fourth-order valence-corrected chi connectivity index (χ4v) is 4.90. The third-order valence-corrected chi connectivity index (χ3v) is 12.6. The molecule has 0 aromatic rings. The van der Waals surface area contributed by atoms with Crippen LogP contribution < -0.4 is 31.9 Å². The number of methoxy groups -OCH3 is 1. The molecule has 0 fully saturated rings. The van der Waals surface area contributed by atoms with E-state index in [2.05, 4.69) is 31.9 Å². The first-order chi connectivity index (χ1) is 25.2. The number of rotatable bonds is 18. The highest BCUT2D eigenvalue weighted by atomic mass is 16.6. The number of carbonyl (C=O) groups is 7. The fourth-order valence-electron chi connectivity index (χ4n) is 4.90. The summed E-state index contributed by atoms with van der Waals surface area (Å²) in [6, 6.07) is -3.77. The van der Waals surface area contributed by atoms with E-state index in [4.69, 9.17) is 9.47 Å². The highest BCUT2D eigenvalue weighted by Gasteiger charge is 2.46. The maximum Gasteiger partial charge on any atom is 0.407 e. The normalized spacial score (nSPS) is 16.3. The molecule has 6 atom stereocenters. The molecule has 0 unspecified atom stereocenters. The molecule has 0 radical (unpaired) electrons. The van der Waals surface area contributed by atoms with Gasteiger partial charge in [-0.05, 0) is 145 Å². The van der Waals surface area contributed by atoms with Crippen LogP contribution >= 0.6 is 0 Å². The third-order valence-electron chi connectivity index (χ3n) is 12.6. The lowest BCUT2D eigenvalue weighted by Crippen LogP contribution is -2.61. The maximum absolute atomic E-state index is 13.8.